The molecule has 0 aliphatic heterocycles. The summed E-state index contributed by atoms with van der Waals surface area (Å²) in [6.07, 6.45) is 1.64. The van der Waals surface area contributed by atoms with Crippen LogP contribution in [0.3, 0.4) is 0 Å². The van der Waals surface area contributed by atoms with E-state index in [4.69, 9.17) is 0 Å². The summed E-state index contributed by atoms with van der Waals surface area (Å²) in [5, 5.41) is 5.67. The molecule has 0 spiro atoms. The highest BCUT2D eigenvalue weighted by Gasteiger charge is 1.98. The third kappa shape index (κ3) is 2.11. The molecule has 0 atom stereocenters. The lowest BCUT2D eigenvalue weighted by Crippen LogP contribution is -2.04. The molecule has 1 heterocycles. The fourth-order valence-electron chi connectivity index (χ4n) is 1.43. The van der Waals surface area contributed by atoms with E-state index < -0.39 is 0 Å². The number of rotatable bonds is 2. The van der Waals surface area contributed by atoms with Crippen LogP contribution in [0.15, 0.2) is 40.4 Å². The van der Waals surface area contributed by atoms with E-state index in [0.717, 1.165) is 16.8 Å². The van der Waals surface area contributed by atoms with Crippen LogP contribution < -0.4 is 11.0 Å². The van der Waals surface area contributed by atoms with Gasteiger partial charge in [-0.1, -0.05) is 6.07 Å². The minimum Gasteiger partial charge on any atom is -0.329 e. The van der Waals surface area contributed by atoms with E-state index in [1.807, 2.05) is 32.0 Å². The Morgan fingerprint density at radius 2 is 2.12 bits per heavy atom. The number of pyridine rings is 1. The van der Waals surface area contributed by atoms with Gasteiger partial charge in [-0.2, -0.15) is 5.10 Å². The number of hydrogen-bond acceptors (Lipinski definition) is 3. The summed E-state index contributed by atoms with van der Waals surface area (Å²) in [6, 6.07) is 7.46. The van der Waals surface area contributed by atoms with Gasteiger partial charge in [0.15, 0.2) is 0 Å². The summed E-state index contributed by atoms with van der Waals surface area (Å²) < 4.78 is 0. The molecule has 0 radical (unpaired) electrons. The molecule has 1 aromatic heterocycles. The first-order valence-corrected chi connectivity index (χ1v) is 5.05. The summed E-state index contributed by atoms with van der Waals surface area (Å²) in [6.45, 7) is 3.81. The Balaban J connectivity index is 2.47. The highest BCUT2D eigenvalue weighted by Crippen LogP contribution is 2.15. The van der Waals surface area contributed by atoms with Crippen LogP contribution in [0.5, 0.6) is 0 Å². The number of hydrogen-bond donors (Lipinski definition) is 2. The predicted octanol–water partition coefficient (Wildman–Crippen LogP) is 2.34. The van der Waals surface area contributed by atoms with E-state index in [1.165, 1.54) is 0 Å². The monoisotopic (exact) mass is 215 g/mol. The van der Waals surface area contributed by atoms with E-state index in [9.17, 15) is 4.79 Å². The van der Waals surface area contributed by atoms with Crippen molar-refractivity contribution in [1.82, 2.24) is 4.98 Å². The lowest BCUT2D eigenvalue weighted by Gasteiger charge is -2.02. The number of aromatic nitrogens is 1. The van der Waals surface area contributed by atoms with Crippen molar-refractivity contribution in [2.24, 2.45) is 5.10 Å². The van der Waals surface area contributed by atoms with Crippen molar-refractivity contribution in [2.75, 3.05) is 5.43 Å². The molecular formula is C12H13N3O. The molecule has 4 nitrogen and oxygen atoms in total. The molecular weight excluding hydrogens is 202 g/mol. The Morgan fingerprint density at radius 1 is 1.31 bits per heavy atom. The third-order valence-corrected chi connectivity index (χ3v) is 2.18. The number of anilines is 1. The lowest BCUT2D eigenvalue weighted by molar-refractivity contribution is 1.27. The maximum Gasteiger partial charge on any atom is 0.255 e. The Hall–Kier alpha value is -2.10. The van der Waals surface area contributed by atoms with Gasteiger partial charge in [0, 0.05) is 17.3 Å². The number of nitrogens with zero attached hydrogens (tertiary/aromatic N) is 1. The molecule has 2 aromatic rings. The van der Waals surface area contributed by atoms with Crippen LogP contribution in [0.4, 0.5) is 5.69 Å². The van der Waals surface area contributed by atoms with Gasteiger partial charge in [0.05, 0.1) is 5.69 Å². The van der Waals surface area contributed by atoms with E-state index in [0.29, 0.717) is 5.39 Å². The summed E-state index contributed by atoms with van der Waals surface area (Å²) in [7, 11) is 0. The Kier molecular flexibility index (Phi) is 2.72. The third-order valence-electron chi connectivity index (χ3n) is 2.18. The molecule has 0 amide bonds. The SMILES string of the molecule is CC(C)=NNc1ccc2cc[nH]c(=O)c2c1. The summed E-state index contributed by atoms with van der Waals surface area (Å²) >= 11 is 0. The molecule has 16 heavy (non-hydrogen) atoms. The van der Waals surface area contributed by atoms with Crippen LogP contribution >= 0.6 is 0 Å². The van der Waals surface area contributed by atoms with Crippen molar-refractivity contribution in [3.8, 4) is 0 Å². The van der Waals surface area contributed by atoms with E-state index in [1.54, 1.807) is 12.3 Å². The molecule has 0 saturated carbocycles. The molecule has 0 aliphatic carbocycles. The summed E-state index contributed by atoms with van der Waals surface area (Å²) in [5.41, 5.74) is 4.56. The second-order valence-corrected chi connectivity index (χ2v) is 3.78. The highest BCUT2D eigenvalue weighted by atomic mass is 16.1. The van der Waals surface area contributed by atoms with E-state index in [2.05, 4.69) is 15.5 Å². The van der Waals surface area contributed by atoms with Crippen molar-refractivity contribution in [3.63, 3.8) is 0 Å². The van der Waals surface area contributed by atoms with Crippen molar-refractivity contribution in [3.05, 3.63) is 40.8 Å². The molecule has 1 aromatic carbocycles. The van der Waals surface area contributed by atoms with Crippen molar-refractivity contribution >= 4 is 22.2 Å². The van der Waals surface area contributed by atoms with Gasteiger partial charge in [-0.15, -0.1) is 0 Å². The van der Waals surface area contributed by atoms with Crippen LogP contribution in [0, 0.1) is 0 Å². The Bertz CT molecular complexity index is 594. The van der Waals surface area contributed by atoms with Crippen molar-refractivity contribution in [2.45, 2.75) is 13.8 Å². The van der Waals surface area contributed by atoms with Crippen LogP contribution in [0.1, 0.15) is 13.8 Å². The lowest BCUT2D eigenvalue weighted by atomic mass is 10.1. The van der Waals surface area contributed by atoms with Crippen LogP contribution in [0.25, 0.3) is 10.8 Å². The second-order valence-electron chi connectivity index (χ2n) is 3.78. The predicted molar refractivity (Wildman–Crippen MR) is 67.0 cm³/mol. The summed E-state index contributed by atoms with van der Waals surface area (Å²) in [4.78, 5) is 14.2. The minimum atomic E-state index is -0.0849. The molecule has 0 saturated heterocycles. The van der Waals surface area contributed by atoms with Crippen LogP contribution in [-0.2, 0) is 0 Å². The molecule has 0 fully saturated rings. The average molecular weight is 215 g/mol. The highest BCUT2D eigenvalue weighted by molar-refractivity contribution is 5.85. The first-order chi connectivity index (χ1) is 7.66. The molecule has 2 N–H and O–H groups in total. The number of hydrazone groups is 1. The second kappa shape index (κ2) is 4.18. The first-order valence-electron chi connectivity index (χ1n) is 5.05. The quantitative estimate of drug-likeness (QED) is 0.596. The number of nitrogens with one attached hydrogen (secondary N) is 2. The van der Waals surface area contributed by atoms with E-state index >= 15 is 0 Å². The van der Waals surface area contributed by atoms with Gasteiger partial charge in [-0.3, -0.25) is 10.2 Å². The zero-order valence-corrected chi connectivity index (χ0v) is 9.24. The molecule has 82 valence electrons. The maximum absolute atomic E-state index is 11.5. The minimum absolute atomic E-state index is 0.0849. The van der Waals surface area contributed by atoms with Gasteiger partial charge in [-0.05, 0) is 37.4 Å². The molecule has 0 bridgehead atoms. The van der Waals surface area contributed by atoms with Gasteiger partial charge < -0.3 is 4.98 Å². The largest absolute Gasteiger partial charge is 0.329 e. The average Bonchev–Trinajstić information content (AvgIpc) is 2.27. The fourth-order valence-corrected chi connectivity index (χ4v) is 1.43. The normalized spacial score (nSPS) is 10.1. The Labute approximate surface area is 93.0 Å². The van der Waals surface area contributed by atoms with E-state index in [-0.39, 0.29) is 5.56 Å². The topological polar surface area (TPSA) is 57.2 Å². The van der Waals surface area contributed by atoms with Crippen LogP contribution in [0.2, 0.25) is 0 Å². The fraction of sp³-hybridized carbons (Fsp3) is 0.167. The Morgan fingerprint density at radius 3 is 2.88 bits per heavy atom. The first kappa shape index (κ1) is 10.4. The molecule has 4 heteroatoms. The van der Waals surface area contributed by atoms with Gasteiger partial charge in [0.2, 0.25) is 0 Å². The number of H-pyrrole nitrogens is 1. The number of benzene rings is 1. The van der Waals surface area contributed by atoms with Crippen molar-refractivity contribution in [1.29, 1.82) is 0 Å². The molecule has 0 unspecified atom stereocenters. The van der Waals surface area contributed by atoms with Gasteiger partial charge in [-0.25, -0.2) is 0 Å². The number of fused-ring (bicyclic) bond motifs is 1. The zero-order valence-electron chi connectivity index (χ0n) is 9.24. The standard InChI is InChI=1S/C12H13N3O/c1-8(2)14-15-10-4-3-9-5-6-13-12(16)11(9)7-10/h3-7,15H,1-2H3,(H,13,16). The molecule has 0 aliphatic rings. The van der Waals surface area contributed by atoms with Gasteiger partial charge in [0.25, 0.3) is 5.56 Å². The van der Waals surface area contributed by atoms with Crippen molar-refractivity contribution < 1.29 is 0 Å². The maximum atomic E-state index is 11.5. The zero-order chi connectivity index (χ0) is 11.5. The van der Waals surface area contributed by atoms with Crippen LogP contribution in [-0.4, -0.2) is 10.7 Å². The van der Waals surface area contributed by atoms with Gasteiger partial charge >= 0.3 is 0 Å². The molecule has 2 rings (SSSR count). The number of aromatic amines is 1. The summed E-state index contributed by atoms with van der Waals surface area (Å²) in [5.74, 6) is 0. The van der Waals surface area contributed by atoms with Gasteiger partial charge in [0.1, 0.15) is 0 Å². The smallest absolute Gasteiger partial charge is 0.255 e.